The number of ether oxygens (including phenoxy) is 1. The van der Waals surface area contributed by atoms with Crippen LogP contribution in [0, 0.1) is 44.4 Å². The molecule has 6 nitrogen and oxygen atoms in total. The number of carbonyl (C=O) groups excluding carboxylic acids is 1. The molecule has 0 saturated heterocycles. The van der Waals surface area contributed by atoms with Crippen molar-refractivity contribution in [1.29, 1.82) is 0 Å². The van der Waals surface area contributed by atoms with Crippen molar-refractivity contribution in [1.82, 2.24) is 0 Å². The Balaban J connectivity index is 1.40. The van der Waals surface area contributed by atoms with Gasteiger partial charge >= 0.3 is 5.97 Å². The highest BCUT2D eigenvalue weighted by Crippen LogP contribution is 2.53. The smallest absolute Gasteiger partial charge is 0.306 e. The highest BCUT2D eigenvalue weighted by atomic mass is 17.2. The lowest BCUT2D eigenvalue weighted by atomic mass is 9.55. The number of esters is 1. The minimum atomic E-state index is -0.179. The van der Waals surface area contributed by atoms with Gasteiger partial charge in [0, 0.05) is 6.42 Å². The quantitative estimate of drug-likeness (QED) is 0.122. The number of benzene rings is 2. The van der Waals surface area contributed by atoms with Crippen LogP contribution in [-0.4, -0.2) is 35.5 Å². The fourth-order valence-corrected chi connectivity index (χ4v) is 6.91. The number of phenolic OH excluding ortho intramolecular Hbond substituents is 2. The van der Waals surface area contributed by atoms with Gasteiger partial charge in [0.2, 0.25) is 0 Å². The lowest BCUT2D eigenvalue weighted by Gasteiger charge is -2.51. The molecule has 0 aromatic heterocycles. The number of carbonyl (C=O) groups is 1. The van der Waals surface area contributed by atoms with Crippen molar-refractivity contribution >= 4 is 5.97 Å². The first-order chi connectivity index (χ1) is 18.7. The number of aromatic hydroxyl groups is 2. The standard InChI is InChI=1S/C34H50O6/c1-22-16-26(17-23(2)31(22)36)10-9-14-39-40-28-20-33(5,6)29(34(7,8)21-28)13-15-38-30(35)12-11-27-18-24(3)32(37)25(4)19-27/h16-19,28-29,36-37H,9-15,20-21H2,1-8H3. The van der Waals surface area contributed by atoms with Gasteiger partial charge in [0.15, 0.2) is 0 Å². The molecule has 3 rings (SSSR count). The van der Waals surface area contributed by atoms with E-state index < -0.39 is 0 Å². The van der Waals surface area contributed by atoms with Crippen molar-refractivity contribution < 1.29 is 29.5 Å². The highest BCUT2D eigenvalue weighted by molar-refractivity contribution is 5.69. The zero-order valence-electron chi connectivity index (χ0n) is 25.9. The summed E-state index contributed by atoms with van der Waals surface area (Å²) in [5.74, 6) is 0.898. The molecule has 0 radical (unpaired) electrons. The minimum Gasteiger partial charge on any atom is -0.507 e. The Morgan fingerprint density at radius 1 is 0.800 bits per heavy atom. The maximum atomic E-state index is 12.5. The normalized spacial score (nSPS) is 19.9. The van der Waals surface area contributed by atoms with Crippen LogP contribution in [0.15, 0.2) is 24.3 Å². The predicted octanol–water partition coefficient (Wildman–Crippen LogP) is 7.61. The van der Waals surface area contributed by atoms with Crippen LogP contribution in [0.5, 0.6) is 11.5 Å². The van der Waals surface area contributed by atoms with Gasteiger partial charge < -0.3 is 14.9 Å². The molecule has 0 bridgehead atoms. The summed E-state index contributed by atoms with van der Waals surface area (Å²) in [6.07, 6.45) is 5.30. The molecule has 0 amide bonds. The van der Waals surface area contributed by atoms with Crippen LogP contribution in [0.4, 0.5) is 0 Å². The summed E-state index contributed by atoms with van der Waals surface area (Å²) >= 11 is 0. The fraction of sp³-hybridized carbons (Fsp3) is 0.618. The molecule has 1 fully saturated rings. The second-order valence-electron chi connectivity index (χ2n) is 13.2. The van der Waals surface area contributed by atoms with E-state index in [1.165, 1.54) is 5.56 Å². The second-order valence-corrected chi connectivity index (χ2v) is 13.2. The Kier molecular flexibility index (Phi) is 10.7. The summed E-state index contributed by atoms with van der Waals surface area (Å²) in [6.45, 7) is 17.7. The lowest BCUT2D eigenvalue weighted by molar-refractivity contribution is -0.341. The number of rotatable bonds is 12. The van der Waals surface area contributed by atoms with E-state index in [4.69, 9.17) is 14.5 Å². The van der Waals surface area contributed by atoms with Gasteiger partial charge in [-0.1, -0.05) is 52.0 Å². The van der Waals surface area contributed by atoms with Crippen LogP contribution < -0.4 is 0 Å². The van der Waals surface area contributed by atoms with E-state index in [1.54, 1.807) is 0 Å². The highest BCUT2D eigenvalue weighted by Gasteiger charge is 2.47. The minimum absolute atomic E-state index is 0.0182. The number of hydrogen-bond donors (Lipinski definition) is 2. The van der Waals surface area contributed by atoms with E-state index in [0.717, 1.165) is 59.9 Å². The largest absolute Gasteiger partial charge is 0.507 e. The molecule has 40 heavy (non-hydrogen) atoms. The maximum absolute atomic E-state index is 12.5. The summed E-state index contributed by atoms with van der Waals surface area (Å²) in [5, 5.41) is 19.9. The van der Waals surface area contributed by atoms with Gasteiger partial charge in [-0.25, -0.2) is 9.78 Å². The van der Waals surface area contributed by atoms with E-state index in [-0.39, 0.29) is 22.9 Å². The van der Waals surface area contributed by atoms with Crippen molar-refractivity contribution in [3.63, 3.8) is 0 Å². The molecule has 0 aliphatic heterocycles. The third-order valence-corrected chi connectivity index (χ3v) is 8.68. The molecule has 2 aromatic rings. The second kappa shape index (κ2) is 13.4. The summed E-state index contributed by atoms with van der Waals surface area (Å²) in [6, 6.07) is 7.93. The van der Waals surface area contributed by atoms with Gasteiger partial charge in [0.1, 0.15) is 11.5 Å². The predicted molar refractivity (Wildman–Crippen MR) is 158 cm³/mol. The molecule has 222 valence electrons. The first kappa shape index (κ1) is 32.0. The van der Waals surface area contributed by atoms with E-state index >= 15 is 0 Å². The van der Waals surface area contributed by atoms with Crippen molar-refractivity contribution in [2.24, 2.45) is 16.7 Å². The molecular weight excluding hydrogens is 504 g/mol. The lowest BCUT2D eigenvalue weighted by Crippen LogP contribution is -2.47. The van der Waals surface area contributed by atoms with Gasteiger partial charge in [-0.05, 0) is 116 Å². The van der Waals surface area contributed by atoms with Gasteiger partial charge in [0.05, 0.1) is 19.3 Å². The topological polar surface area (TPSA) is 85.2 Å². The SMILES string of the molecule is Cc1cc(CCCOOC2CC(C)(C)C(CCOC(=O)CCc3cc(C)c(O)c(C)c3)C(C)(C)C2)cc(C)c1O. The summed E-state index contributed by atoms with van der Waals surface area (Å²) in [4.78, 5) is 24.0. The van der Waals surface area contributed by atoms with Crippen molar-refractivity contribution in [2.45, 2.75) is 106 Å². The Morgan fingerprint density at radius 2 is 1.27 bits per heavy atom. The van der Waals surface area contributed by atoms with Crippen LogP contribution in [0.25, 0.3) is 0 Å². The Labute approximate surface area is 241 Å². The number of phenols is 2. The number of aryl methyl sites for hydroxylation is 6. The zero-order valence-corrected chi connectivity index (χ0v) is 25.9. The van der Waals surface area contributed by atoms with Crippen molar-refractivity contribution in [2.75, 3.05) is 13.2 Å². The third-order valence-electron chi connectivity index (χ3n) is 8.68. The molecule has 0 unspecified atom stereocenters. The van der Waals surface area contributed by atoms with E-state index in [0.29, 0.717) is 43.5 Å². The Bertz CT molecular complexity index is 1100. The van der Waals surface area contributed by atoms with E-state index in [2.05, 4.69) is 27.7 Å². The zero-order chi connectivity index (χ0) is 29.7. The average molecular weight is 555 g/mol. The maximum Gasteiger partial charge on any atom is 0.306 e. The van der Waals surface area contributed by atoms with Crippen molar-refractivity contribution in [3.05, 3.63) is 57.6 Å². The fourth-order valence-electron chi connectivity index (χ4n) is 6.91. The van der Waals surface area contributed by atoms with Crippen LogP contribution in [0.1, 0.15) is 93.2 Å². The van der Waals surface area contributed by atoms with Crippen LogP contribution >= 0.6 is 0 Å². The third kappa shape index (κ3) is 8.47. The van der Waals surface area contributed by atoms with Crippen molar-refractivity contribution in [3.8, 4) is 11.5 Å². The number of hydrogen-bond acceptors (Lipinski definition) is 6. The van der Waals surface area contributed by atoms with Crippen LogP contribution in [0.2, 0.25) is 0 Å². The molecule has 0 spiro atoms. The molecule has 6 heteroatoms. The van der Waals surface area contributed by atoms with Gasteiger partial charge in [-0.15, -0.1) is 0 Å². The molecular formula is C34H50O6. The van der Waals surface area contributed by atoms with Crippen LogP contribution in [0.3, 0.4) is 0 Å². The van der Waals surface area contributed by atoms with E-state index in [9.17, 15) is 15.0 Å². The monoisotopic (exact) mass is 554 g/mol. The molecule has 1 aliphatic carbocycles. The molecule has 2 aromatic carbocycles. The van der Waals surface area contributed by atoms with E-state index in [1.807, 2.05) is 52.0 Å². The van der Waals surface area contributed by atoms with Gasteiger partial charge in [-0.3, -0.25) is 4.79 Å². The summed E-state index contributed by atoms with van der Waals surface area (Å²) in [5.41, 5.74) is 5.75. The van der Waals surface area contributed by atoms with Crippen LogP contribution in [-0.2, 0) is 32.1 Å². The van der Waals surface area contributed by atoms with Gasteiger partial charge in [-0.2, -0.15) is 0 Å². The summed E-state index contributed by atoms with van der Waals surface area (Å²) < 4.78 is 5.66. The molecule has 2 N–H and O–H groups in total. The average Bonchev–Trinajstić information content (AvgIpc) is 2.85. The van der Waals surface area contributed by atoms with Gasteiger partial charge in [0.25, 0.3) is 0 Å². The first-order valence-corrected chi connectivity index (χ1v) is 14.7. The Morgan fingerprint density at radius 3 is 1.77 bits per heavy atom. The Hall–Kier alpha value is -2.57. The first-order valence-electron chi connectivity index (χ1n) is 14.7. The molecule has 1 aliphatic rings. The molecule has 0 atom stereocenters. The summed E-state index contributed by atoms with van der Waals surface area (Å²) in [7, 11) is 0. The molecule has 0 heterocycles. The molecule has 1 saturated carbocycles.